The lowest BCUT2D eigenvalue weighted by molar-refractivity contribution is -0.0397. The van der Waals surface area contributed by atoms with Crippen molar-refractivity contribution in [3.63, 3.8) is 0 Å². The Balaban J connectivity index is 1.87. The molecular weight excluding hydrogens is 334 g/mol. The number of carbonyl (C=O) groups is 1. The number of amides is 1. The molecule has 2 aromatic rings. The lowest BCUT2D eigenvalue weighted by atomic mass is 9.93. The van der Waals surface area contributed by atoms with Crippen LogP contribution in [0.2, 0.25) is 0 Å². The van der Waals surface area contributed by atoms with E-state index in [1.165, 1.54) is 11.3 Å². The van der Waals surface area contributed by atoms with Crippen LogP contribution in [0.3, 0.4) is 0 Å². The highest BCUT2D eigenvalue weighted by Crippen LogP contribution is 2.34. The molecular formula is C16H18F2N4OS. The molecule has 5 nitrogen and oxygen atoms in total. The van der Waals surface area contributed by atoms with Crippen LogP contribution in [-0.4, -0.2) is 27.7 Å². The van der Waals surface area contributed by atoms with Gasteiger partial charge in [-0.15, -0.1) is 0 Å². The van der Waals surface area contributed by atoms with Crippen molar-refractivity contribution in [2.75, 3.05) is 0 Å². The average Bonchev–Trinajstić information content (AvgIpc) is 2.87. The van der Waals surface area contributed by atoms with E-state index in [0.717, 1.165) is 10.6 Å². The zero-order valence-corrected chi connectivity index (χ0v) is 14.0. The molecule has 3 rings (SSSR count). The number of rotatable bonds is 3. The molecule has 1 aromatic carbocycles. The summed E-state index contributed by atoms with van der Waals surface area (Å²) in [6, 6.07) is 6.43. The number of nitrogens with two attached hydrogens (primary N) is 1. The lowest BCUT2D eigenvalue weighted by Crippen LogP contribution is -2.30. The first-order chi connectivity index (χ1) is 11.3. The number of nitrogens with zero attached hydrogens (tertiary/aromatic N) is 3. The number of aromatic nitrogens is 2. The molecule has 8 heteroatoms. The second kappa shape index (κ2) is 6.43. The fraction of sp³-hybridized carbons (Fsp3) is 0.438. The highest BCUT2D eigenvalue weighted by Gasteiger charge is 2.36. The molecule has 1 aromatic heterocycles. The summed E-state index contributed by atoms with van der Waals surface area (Å²) in [6.45, 7) is 0. The average molecular weight is 352 g/mol. The van der Waals surface area contributed by atoms with Gasteiger partial charge in [-0.05, 0) is 25.0 Å². The van der Waals surface area contributed by atoms with Crippen molar-refractivity contribution in [3.8, 4) is 10.6 Å². The van der Waals surface area contributed by atoms with Crippen LogP contribution in [0.4, 0.5) is 8.78 Å². The summed E-state index contributed by atoms with van der Waals surface area (Å²) >= 11 is 1.34. The van der Waals surface area contributed by atoms with Crippen LogP contribution in [0.1, 0.15) is 36.0 Å². The van der Waals surface area contributed by atoms with Crippen molar-refractivity contribution in [2.24, 2.45) is 17.8 Å². The molecule has 1 heterocycles. The van der Waals surface area contributed by atoms with Crippen molar-refractivity contribution in [1.29, 1.82) is 0 Å². The summed E-state index contributed by atoms with van der Waals surface area (Å²) < 4.78 is 28.6. The normalized spacial score (nSPS) is 21.0. The molecule has 1 aliphatic rings. The quantitative estimate of drug-likeness (QED) is 0.922. The van der Waals surface area contributed by atoms with Crippen molar-refractivity contribution < 1.29 is 13.6 Å². The molecule has 1 saturated carbocycles. The highest BCUT2D eigenvalue weighted by molar-refractivity contribution is 7.12. The van der Waals surface area contributed by atoms with Gasteiger partial charge in [0.25, 0.3) is 0 Å². The van der Waals surface area contributed by atoms with Crippen LogP contribution in [0.5, 0.6) is 0 Å². The van der Waals surface area contributed by atoms with E-state index in [4.69, 9.17) is 5.73 Å². The molecule has 1 fully saturated rings. The predicted molar refractivity (Wildman–Crippen MR) is 87.8 cm³/mol. The van der Waals surface area contributed by atoms with Crippen LogP contribution < -0.4 is 10.5 Å². The van der Waals surface area contributed by atoms with E-state index in [-0.39, 0.29) is 18.9 Å². The SMILES string of the molecule is Cn1nc(-c2ccc(C(N)=O)cc2)sc1=NC1CCCC(F)(F)C1. The third-order valence-electron chi connectivity index (χ3n) is 4.03. The van der Waals surface area contributed by atoms with Gasteiger partial charge in [0.2, 0.25) is 16.6 Å². The van der Waals surface area contributed by atoms with Gasteiger partial charge in [0.05, 0.1) is 6.04 Å². The summed E-state index contributed by atoms with van der Waals surface area (Å²) in [6.07, 6.45) is 0.917. The Hall–Kier alpha value is -2.09. The number of halogens is 2. The summed E-state index contributed by atoms with van der Waals surface area (Å²) in [7, 11) is 1.75. The smallest absolute Gasteiger partial charge is 0.250 e. The van der Waals surface area contributed by atoms with E-state index in [2.05, 4.69) is 10.1 Å². The van der Waals surface area contributed by atoms with Gasteiger partial charge in [-0.25, -0.2) is 13.5 Å². The second-order valence-electron chi connectivity index (χ2n) is 5.99. The number of aryl methyl sites for hydroxylation is 1. The third-order valence-corrected chi connectivity index (χ3v) is 5.09. The Labute approximate surface area is 141 Å². The number of carbonyl (C=O) groups excluding carboxylic acids is 1. The lowest BCUT2D eigenvalue weighted by Gasteiger charge is -2.25. The van der Waals surface area contributed by atoms with E-state index in [1.54, 1.807) is 36.0 Å². The van der Waals surface area contributed by atoms with Gasteiger partial charge in [0, 0.05) is 31.0 Å². The largest absolute Gasteiger partial charge is 0.366 e. The van der Waals surface area contributed by atoms with Crippen LogP contribution in [0, 0.1) is 0 Å². The van der Waals surface area contributed by atoms with Crippen LogP contribution in [0.25, 0.3) is 10.6 Å². The minimum atomic E-state index is -2.62. The Kier molecular flexibility index (Phi) is 4.49. The van der Waals surface area contributed by atoms with Gasteiger partial charge in [0.15, 0.2) is 0 Å². The third kappa shape index (κ3) is 3.69. The van der Waals surface area contributed by atoms with E-state index < -0.39 is 11.8 Å². The van der Waals surface area contributed by atoms with Gasteiger partial charge in [0.1, 0.15) is 5.01 Å². The zero-order chi connectivity index (χ0) is 17.3. The van der Waals surface area contributed by atoms with Crippen LogP contribution >= 0.6 is 11.3 Å². The van der Waals surface area contributed by atoms with Crippen molar-refractivity contribution >= 4 is 17.2 Å². The van der Waals surface area contributed by atoms with Gasteiger partial charge in [-0.2, -0.15) is 5.10 Å². The van der Waals surface area contributed by atoms with Gasteiger partial charge >= 0.3 is 0 Å². The topological polar surface area (TPSA) is 73.3 Å². The van der Waals surface area contributed by atoms with E-state index in [1.807, 2.05) is 0 Å². The van der Waals surface area contributed by atoms with E-state index >= 15 is 0 Å². The maximum absolute atomic E-state index is 13.5. The Bertz CT molecular complexity index is 810. The summed E-state index contributed by atoms with van der Waals surface area (Å²) in [5.41, 5.74) is 6.48. The minimum absolute atomic E-state index is 0.0503. The predicted octanol–water partition coefficient (Wildman–Crippen LogP) is 2.73. The molecule has 2 N–H and O–H groups in total. The maximum Gasteiger partial charge on any atom is 0.250 e. The number of hydrogen-bond acceptors (Lipinski definition) is 4. The number of alkyl halides is 2. The molecule has 0 aliphatic heterocycles. The zero-order valence-electron chi connectivity index (χ0n) is 13.2. The molecule has 0 radical (unpaired) electrons. The molecule has 0 bridgehead atoms. The summed E-state index contributed by atoms with van der Waals surface area (Å²) in [5, 5.41) is 5.11. The second-order valence-corrected chi connectivity index (χ2v) is 6.95. The summed E-state index contributed by atoms with van der Waals surface area (Å²) in [5.74, 6) is -3.11. The monoisotopic (exact) mass is 352 g/mol. The molecule has 1 aliphatic carbocycles. The minimum Gasteiger partial charge on any atom is -0.366 e. The maximum atomic E-state index is 13.5. The van der Waals surface area contributed by atoms with Crippen molar-refractivity contribution in [2.45, 2.75) is 37.6 Å². The van der Waals surface area contributed by atoms with Crippen molar-refractivity contribution in [3.05, 3.63) is 34.6 Å². The van der Waals surface area contributed by atoms with Crippen LogP contribution in [-0.2, 0) is 7.05 Å². The van der Waals surface area contributed by atoms with Crippen molar-refractivity contribution in [1.82, 2.24) is 9.78 Å². The molecule has 0 saturated heterocycles. The Morgan fingerprint density at radius 2 is 2.12 bits per heavy atom. The van der Waals surface area contributed by atoms with Gasteiger partial charge in [-0.1, -0.05) is 23.5 Å². The number of benzene rings is 1. The molecule has 1 atom stereocenters. The first kappa shape index (κ1) is 16.8. The first-order valence-corrected chi connectivity index (χ1v) is 8.52. The highest BCUT2D eigenvalue weighted by atomic mass is 32.1. The fourth-order valence-electron chi connectivity index (χ4n) is 2.77. The number of primary amides is 1. The molecule has 0 spiro atoms. The Morgan fingerprint density at radius 1 is 1.42 bits per heavy atom. The molecule has 1 amide bonds. The van der Waals surface area contributed by atoms with Gasteiger partial charge < -0.3 is 5.73 Å². The van der Waals surface area contributed by atoms with E-state index in [9.17, 15) is 13.6 Å². The molecule has 24 heavy (non-hydrogen) atoms. The molecule has 1 unspecified atom stereocenters. The Morgan fingerprint density at radius 3 is 2.75 bits per heavy atom. The number of hydrogen-bond donors (Lipinski definition) is 1. The standard InChI is InChI=1S/C16H18F2N4OS/c1-22-15(20-12-3-2-8-16(17,18)9-12)24-14(21-22)11-6-4-10(5-7-11)13(19)23/h4-7,12H,2-3,8-9H2,1H3,(H2,19,23). The van der Waals surface area contributed by atoms with E-state index in [0.29, 0.717) is 23.2 Å². The van der Waals surface area contributed by atoms with Gasteiger partial charge in [-0.3, -0.25) is 9.79 Å². The summed E-state index contributed by atoms with van der Waals surface area (Å²) in [4.78, 5) is 16.2. The fourth-order valence-corrected chi connectivity index (χ4v) is 3.73. The molecule has 128 valence electrons. The van der Waals surface area contributed by atoms with Crippen LogP contribution in [0.15, 0.2) is 29.3 Å². The first-order valence-electron chi connectivity index (χ1n) is 7.70.